The number of hydrogen-bond donors (Lipinski definition) is 0. The molecule has 0 aliphatic rings. The van der Waals surface area contributed by atoms with Gasteiger partial charge in [-0.3, -0.25) is 4.31 Å². The minimum atomic E-state index is -3.66. The van der Waals surface area contributed by atoms with E-state index in [-0.39, 0.29) is 11.4 Å². The van der Waals surface area contributed by atoms with E-state index in [0.29, 0.717) is 16.5 Å². The summed E-state index contributed by atoms with van der Waals surface area (Å²) in [5, 5.41) is 0.399. The van der Waals surface area contributed by atoms with Gasteiger partial charge in [-0.25, -0.2) is 8.42 Å². The van der Waals surface area contributed by atoms with Gasteiger partial charge in [-0.15, -0.1) is 0 Å². The third kappa shape index (κ3) is 3.14. The van der Waals surface area contributed by atoms with Gasteiger partial charge in [0.15, 0.2) is 0 Å². The molecule has 0 heterocycles. The fraction of sp³-hybridized carbons (Fsp3) is 0.200. The van der Waals surface area contributed by atoms with Gasteiger partial charge < -0.3 is 4.74 Å². The Morgan fingerprint density at radius 2 is 1.71 bits per heavy atom. The zero-order chi connectivity index (χ0) is 15.5. The van der Waals surface area contributed by atoms with Crippen molar-refractivity contribution < 1.29 is 13.2 Å². The summed E-state index contributed by atoms with van der Waals surface area (Å²) < 4.78 is 31.8. The number of anilines is 1. The van der Waals surface area contributed by atoms with Crippen molar-refractivity contribution in [3.63, 3.8) is 0 Å². The van der Waals surface area contributed by atoms with Gasteiger partial charge in [0, 0.05) is 6.54 Å². The zero-order valence-electron chi connectivity index (χ0n) is 11.8. The first-order valence-corrected chi connectivity index (χ1v) is 8.24. The van der Waals surface area contributed by atoms with Gasteiger partial charge in [0.25, 0.3) is 10.0 Å². The Kier molecular flexibility index (Phi) is 4.75. The Hall–Kier alpha value is -1.72. The highest BCUT2D eigenvalue weighted by atomic mass is 35.5. The molecule has 0 saturated carbocycles. The number of ether oxygens (including phenoxy) is 1. The standard InChI is InChI=1S/C15H16ClNO3S/c1-3-17(15-7-5-4-6-14(15)16)21(18,19)13-10-8-12(20-2)9-11-13/h4-11H,3H2,1-2H3. The lowest BCUT2D eigenvalue weighted by Gasteiger charge is -2.23. The minimum Gasteiger partial charge on any atom is -0.497 e. The maximum Gasteiger partial charge on any atom is 0.264 e. The maximum absolute atomic E-state index is 12.7. The molecule has 0 radical (unpaired) electrons. The lowest BCUT2D eigenvalue weighted by Crippen LogP contribution is -2.31. The van der Waals surface area contributed by atoms with E-state index < -0.39 is 10.0 Å². The van der Waals surface area contributed by atoms with Crippen LogP contribution in [0.1, 0.15) is 6.92 Å². The second kappa shape index (κ2) is 6.37. The molecule has 2 aromatic carbocycles. The Morgan fingerprint density at radius 1 is 1.10 bits per heavy atom. The molecule has 0 N–H and O–H groups in total. The van der Waals surface area contributed by atoms with Gasteiger partial charge in [0.05, 0.1) is 22.7 Å². The van der Waals surface area contributed by atoms with E-state index in [0.717, 1.165) is 0 Å². The quantitative estimate of drug-likeness (QED) is 0.844. The molecule has 0 unspecified atom stereocenters. The topological polar surface area (TPSA) is 46.6 Å². The van der Waals surface area contributed by atoms with Crippen LogP contribution in [0.3, 0.4) is 0 Å². The summed E-state index contributed by atoms with van der Waals surface area (Å²) in [6.45, 7) is 2.06. The van der Waals surface area contributed by atoms with Gasteiger partial charge in [0.2, 0.25) is 0 Å². The third-order valence-electron chi connectivity index (χ3n) is 3.06. The highest BCUT2D eigenvalue weighted by molar-refractivity contribution is 7.92. The Balaban J connectivity index is 2.47. The van der Waals surface area contributed by atoms with Crippen LogP contribution >= 0.6 is 11.6 Å². The van der Waals surface area contributed by atoms with E-state index >= 15 is 0 Å². The summed E-state index contributed by atoms with van der Waals surface area (Å²) in [7, 11) is -2.13. The van der Waals surface area contributed by atoms with E-state index in [1.54, 1.807) is 43.3 Å². The first-order chi connectivity index (χ1) is 10.0. The molecule has 2 rings (SSSR count). The number of sulfonamides is 1. The molecule has 0 bridgehead atoms. The van der Waals surface area contributed by atoms with E-state index in [1.165, 1.54) is 23.5 Å². The maximum atomic E-state index is 12.7. The molecular formula is C15H16ClNO3S. The van der Waals surface area contributed by atoms with Crippen molar-refractivity contribution in [1.29, 1.82) is 0 Å². The van der Waals surface area contributed by atoms with Crippen molar-refractivity contribution in [2.24, 2.45) is 0 Å². The van der Waals surface area contributed by atoms with Gasteiger partial charge >= 0.3 is 0 Å². The lowest BCUT2D eigenvalue weighted by molar-refractivity contribution is 0.414. The van der Waals surface area contributed by atoms with Crippen molar-refractivity contribution in [2.75, 3.05) is 18.0 Å². The molecule has 4 nitrogen and oxygen atoms in total. The Labute approximate surface area is 130 Å². The van der Waals surface area contributed by atoms with Gasteiger partial charge in [-0.2, -0.15) is 0 Å². The predicted octanol–water partition coefficient (Wildman–Crippen LogP) is 3.56. The largest absolute Gasteiger partial charge is 0.497 e. The highest BCUT2D eigenvalue weighted by Gasteiger charge is 2.24. The number of rotatable bonds is 5. The number of methoxy groups -OCH3 is 1. The van der Waals surface area contributed by atoms with Crippen LogP contribution in [0.2, 0.25) is 5.02 Å². The highest BCUT2D eigenvalue weighted by Crippen LogP contribution is 2.30. The fourth-order valence-corrected chi connectivity index (χ4v) is 3.78. The summed E-state index contributed by atoms with van der Waals surface area (Å²) in [5.74, 6) is 0.606. The van der Waals surface area contributed by atoms with Gasteiger partial charge in [-0.05, 0) is 43.3 Å². The van der Waals surface area contributed by atoms with Gasteiger partial charge in [0.1, 0.15) is 5.75 Å². The fourth-order valence-electron chi connectivity index (χ4n) is 2.00. The summed E-state index contributed by atoms with van der Waals surface area (Å²) in [4.78, 5) is 0.199. The predicted molar refractivity (Wildman–Crippen MR) is 84.7 cm³/mol. The second-order valence-electron chi connectivity index (χ2n) is 4.30. The van der Waals surface area contributed by atoms with Crippen LogP contribution in [0, 0.1) is 0 Å². The van der Waals surface area contributed by atoms with Crippen molar-refractivity contribution in [3.05, 3.63) is 53.6 Å². The van der Waals surface area contributed by atoms with Crippen molar-refractivity contribution in [2.45, 2.75) is 11.8 Å². The molecule has 0 atom stereocenters. The molecule has 6 heteroatoms. The lowest BCUT2D eigenvalue weighted by atomic mass is 10.3. The smallest absolute Gasteiger partial charge is 0.264 e. The molecule has 0 saturated heterocycles. The molecule has 2 aromatic rings. The Bertz CT molecular complexity index is 714. The number of para-hydroxylation sites is 1. The van der Waals surface area contributed by atoms with Crippen LogP contribution in [0.4, 0.5) is 5.69 Å². The third-order valence-corrected chi connectivity index (χ3v) is 5.28. The molecule has 112 valence electrons. The molecule has 0 aliphatic carbocycles. The number of hydrogen-bond acceptors (Lipinski definition) is 3. The molecule has 0 fully saturated rings. The summed E-state index contributed by atoms with van der Waals surface area (Å²) in [6.07, 6.45) is 0. The van der Waals surface area contributed by atoms with E-state index in [1.807, 2.05) is 0 Å². The average Bonchev–Trinajstić information content (AvgIpc) is 2.50. The van der Waals surface area contributed by atoms with Crippen molar-refractivity contribution >= 4 is 27.3 Å². The average molecular weight is 326 g/mol. The SMILES string of the molecule is CCN(c1ccccc1Cl)S(=O)(=O)c1ccc(OC)cc1. The number of halogens is 1. The first-order valence-electron chi connectivity index (χ1n) is 6.42. The van der Waals surface area contributed by atoms with E-state index in [2.05, 4.69) is 0 Å². The molecule has 0 aliphatic heterocycles. The van der Waals surface area contributed by atoms with Crippen LogP contribution < -0.4 is 9.04 Å². The summed E-state index contributed by atoms with van der Waals surface area (Å²) >= 11 is 6.11. The van der Waals surface area contributed by atoms with Crippen LogP contribution in [0.15, 0.2) is 53.4 Å². The first kappa shape index (κ1) is 15.7. The number of benzene rings is 2. The van der Waals surface area contributed by atoms with Crippen LogP contribution in [0.25, 0.3) is 0 Å². The molecule has 0 amide bonds. The normalized spacial score (nSPS) is 11.2. The van der Waals surface area contributed by atoms with Crippen LogP contribution in [0.5, 0.6) is 5.75 Å². The van der Waals surface area contributed by atoms with Crippen LogP contribution in [-0.2, 0) is 10.0 Å². The molecular weight excluding hydrogens is 310 g/mol. The van der Waals surface area contributed by atoms with Crippen LogP contribution in [-0.4, -0.2) is 22.1 Å². The monoisotopic (exact) mass is 325 g/mol. The summed E-state index contributed by atoms with van der Waals surface area (Å²) in [6, 6.07) is 13.2. The number of nitrogens with zero attached hydrogens (tertiary/aromatic N) is 1. The van der Waals surface area contributed by atoms with Gasteiger partial charge in [-0.1, -0.05) is 23.7 Å². The second-order valence-corrected chi connectivity index (χ2v) is 6.57. The summed E-state index contributed by atoms with van der Waals surface area (Å²) in [5.41, 5.74) is 0.470. The van der Waals surface area contributed by atoms with Crippen molar-refractivity contribution in [1.82, 2.24) is 0 Å². The Morgan fingerprint density at radius 3 is 2.24 bits per heavy atom. The minimum absolute atomic E-state index is 0.199. The van der Waals surface area contributed by atoms with E-state index in [4.69, 9.17) is 16.3 Å². The molecule has 0 aromatic heterocycles. The molecule has 21 heavy (non-hydrogen) atoms. The molecule has 0 spiro atoms. The van der Waals surface area contributed by atoms with Crippen molar-refractivity contribution in [3.8, 4) is 5.75 Å². The van der Waals surface area contributed by atoms with E-state index in [9.17, 15) is 8.42 Å². The zero-order valence-corrected chi connectivity index (χ0v) is 13.4.